The van der Waals surface area contributed by atoms with Crippen molar-refractivity contribution in [1.29, 1.82) is 0 Å². The van der Waals surface area contributed by atoms with Gasteiger partial charge in [-0.1, -0.05) is 15.9 Å². The van der Waals surface area contributed by atoms with Gasteiger partial charge in [0.2, 0.25) is 0 Å². The van der Waals surface area contributed by atoms with E-state index in [1.54, 1.807) is 25.0 Å². The zero-order chi connectivity index (χ0) is 17.9. The van der Waals surface area contributed by atoms with Gasteiger partial charge in [0.05, 0.1) is 28.9 Å². The number of nitrogens with zero attached hydrogens (tertiary/aromatic N) is 4. The average molecular weight is 431 g/mol. The van der Waals surface area contributed by atoms with Crippen molar-refractivity contribution in [2.45, 2.75) is 19.0 Å². The summed E-state index contributed by atoms with van der Waals surface area (Å²) in [6.45, 7) is 0.612. The zero-order valence-corrected chi connectivity index (χ0v) is 16.0. The standard InChI is InChI=1S/C17H15BrN6OS/c18-11-1-2-14-15(5-11)26-17(23-14)16(25)22-13(6-12-7-20-9-21-12)8-24-4-3-19-10-24/h1-5,7,9-10,13H,6,8H2,(H,20,21)(H,22,25). The molecule has 1 unspecified atom stereocenters. The molecule has 0 saturated carbocycles. The predicted molar refractivity (Wildman–Crippen MR) is 103 cm³/mol. The number of hydrogen-bond acceptors (Lipinski definition) is 5. The number of fused-ring (bicyclic) bond motifs is 1. The van der Waals surface area contributed by atoms with Crippen LogP contribution in [-0.4, -0.2) is 36.5 Å². The Labute approximate surface area is 161 Å². The monoisotopic (exact) mass is 430 g/mol. The molecule has 0 aliphatic heterocycles. The molecule has 1 atom stereocenters. The lowest BCUT2D eigenvalue weighted by atomic mass is 10.1. The van der Waals surface area contributed by atoms with Crippen molar-refractivity contribution in [2.75, 3.05) is 0 Å². The molecule has 3 aromatic heterocycles. The van der Waals surface area contributed by atoms with Gasteiger partial charge in [0, 0.05) is 41.7 Å². The van der Waals surface area contributed by atoms with Crippen LogP contribution in [0.4, 0.5) is 0 Å². The van der Waals surface area contributed by atoms with E-state index in [2.05, 4.69) is 41.2 Å². The summed E-state index contributed by atoms with van der Waals surface area (Å²) in [5.41, 5.74) is 1.78. The van der Waals surface area contributed by atoms with Crippen LogP contribution in [0.25, 0.3) is 10.2 Å². The number of H-pyrrole nitrogens is 1. The van der Waals surface area contributed by atoms with Crippen LogP contribution >= 0.6 is 27.3 Å². The summed E-state index contributed by atoms with van der Waals surface area (Å²) < 4.78 is 3.89. The smallest absolute Gasteiger partial charge is 0.280 e. The number of rotatable bonds is 6. The van der Waals surface area contributed by atoms with E-state index < -0.39 is 0 Å². The molecule has 2 N–H and O–H groups in total. The molecule has 3 heterocycles. The van der Waals surface area contributed by atoms with Gasteiger partial charge in [0.25, 0.3) is 5.91 Å². The summed E-state index contributed by atoms with van der Waals surface area (Å²) in [5, 5.41) is 3.54. The summed E-state index contributed by atoms with van der Waals surface area (Å²) in [7, 11) is 0. The van der Waals surface area contributed by atoms with E-state index >= 15 is 0 Å². The van der Waals surface area contributed by atoms with Crippen molar-refractivity contribution >= 4 is 43.4 Å². The Morgan fingerprint density at radius 2 is 2.31 bits per heavy atom. The van der Waals surface area contributed by atoms with Gasteiger partial charge in [0.1, 0.15) is 0 Å². The Kier molecular flexibility index (Phi) is 4.81. The molecule has 0 aliphatic carbocycles. The predicted octanol–water partition coefficient (Wildman–Crippen LogP) is 3.02. The maximum absolute atomic E-state index is 12.7. The molecular formula is C17H15BrN6OS. The molecule has 132 valence electrons. The second kappa shape index (κ2) is 7.38. The van der Waals surface area contributed by atoms with E-state index in [1.807, 2.05) is 29.0 Å². The van der Waals surface area contributed by atoms with Gasteiger partial charge >= 0.3 is 0 Å². The van der Waals surface area contributed by atoms with Crippen molar-refractivity contribution < 1.29 is 4.79 Å². The van der Waals surface area contributed by atoms with Crippen molar-refractivity contribution in [1.82, 2.24) is 29.8 Å². The highest BCUT2D eigenvalue weighted by Crippen LogP contribution is 2.25. The van der Waals surface area contributed by atoms with E-state index in [0.717, 1.165) is 20.4 Å². The average Bonchev–Trinajstić information content (AvgIpc) is 3.35. The van der Waals surface area contributed by atoms with E-state index in [4.69, 9.17) is 0 Å². The fourth-order valence-corrected chi connectivity index (χ4v) is 4.14. The Bertz CT molecular complexity index is 975. The minimum Gasteiger partial charge on any atom is -0.348 e. The van der Waals surface area contributed by atoms with Crippen molar-refractivity contribution in [3.63, 3.8) is 0 Å². The molecule has 1 amide bonds. The molecule has 0 saturated heterocycles. The molecule has 0 bridgehead atoms. The number of hydrogen-bond donors (Lipinski definition) is 2. The van der Waals surface area contributed by atoms with Gasteiger partial charge in [-0.05, 0) is 18.2 Å². The highest BCUT2D eigenvalue weighted by molar-refractivity contribution is 9.10. The van der Waals surface area contributed by atoms with Gasteiger partial charge in [-0.3, -0.25) is 4.79 Å². The van der Waals surface area contributed by atoms with Crippen molar-refractivity contribution in [3.05, 3.63) is 64.6 Å². The quantitative estimate of drug-likeness (QED) is 0.491. The third-order valence-corrected chi connectivity index (χ3v) is 5.40. The second-order valence-electron chi connectivity index (χ2n) is 5.84. The summed E-state index contributed by atoms with van der Waals surface area (Å²) in [6.07, 6.45) is 9.38. The normalized spacial score (nSPS) is 12.3. The first-order valence-electron chi connectivity index (χ1n) is 7.97. The SMILES string of the molecule is O=C(NC(Cc1cnc[nH]1)Cn1ccnc1)c1nc2ccc(Br)cc2s1. The molecule has 7 nitrogen and oxygen atoms in total. The largest absolute Gasteiger partial charge is 0.348 e. The Balaban J connectivity index is 1.53. The third kappa shape index (κ3) is 3.83. The Hall–Kier alpha value is -2.52. The Morgan fingerprint density at radius 1 is 1.38 bits per heavy atom. The molecule has 1 aromatic carbocycles. The second-order valence-corrected chi connectivity index (χ2v) is 7.79. The van der Waals surface area contributed by atoms with E-state index in [1.165, 1.54) is 11.3 Å². The van der Waals surface area contributed by atoms with Gasteiger partial charge in [-0.2, -0.15) is 0 Å². The van der Waals surface area contributed by atoms with Crippen LogP contribution in [-0.2, 0) is 13.0 Å². The highest BCUT2D eigenvalue weighted by atomic mass is 79.9. The molecule has 4 rings (SSSR count). The number of carbonyl (C=O) groups excluding carboxylic acids is 1. The first kappa shape index (κ1) is 16.9. The molecule has 4 aromatic rings. The maximum atomic E-state index is 12.7. The zero-order valence-electron chi connectivity index (χ0n) is 13.6. The van der Waals surface area contributed by atoms with Crippen LogP contribution in [0.2, 0.25) is 0 Å². The first-order valence-corrected chi connectivity index (χ1v) is 9.58. The minimum atomic E-state index is -0.174. The lowest BCUT2D eigenvalue weighted by Crippen LogP contribution is -2.39. The van der Waals surface area contributed by atoms with Crippen molar-refractivity contribution in [3.8, 4) is 0 Å². The third-order valence-electron chi connectivity index (χ3n) is 3.89. The van der Waals surface area contributed by atoms with Crippen LogP contribution < -0.4 is 5.32 Å². The first-order chi connectivity index (χ1) is 12.7. The fraction of sp³-hybridized carbons (Fsp3) is 0.176. The number of nitrogens with one attached hydrogen (secondary N) is 2. The fourth-order valence-electron chi connectivity index (χ4n) is 2.71. The number of thiazole rings is 1. The number of imidazole rings is 2. The summed E-state index contributed by atoms with van der Waals surface area (Å²) in [5.74, 6) is -0.174. The highest BCUT2D eigenvalue weighted by Gasteiger charge is 2.19. The van der Waals surface area contributed by atoms with Gasteiger partial charge in [0.15, 0.2) is 5.01 Å². The molecule has 9 heteroatoms. The number of halogens is 1. The molecule has 0 spiro atoms. The summed E-state index contributed by atoms with van der Waals surface area (Å²) in [4.78, 5) is 28.4. The Morgan fingerprint density at radius 3 is 3.08 bits per heavy atom. The lowest BCUT2D eigenvalue weighted by molar-refractivity contribution is 0.0932. The van der Waals surface area contributed by atoms with Crippen LogP contribution in [0.5, 0.6) is 0 Å². The van der Waals surface area contributed by atoms with Crippen LogP contribution in [0.3, 0.4) is 0 Å². The molecule has 0 fully saturated rings. The molecule has 26 heavy (non-hydrogen) atoms. The van der Waals surface area contributed by atoms with Crippen LogP contribution in [0.15, 0.2) is 53.9 Å². The van der Waals surface area contributed by atoms with Gasteiger partial charge < -0.3 is 14.9 Å². The number of carbonyl (C=O) groups is 1. The van der Waals surface area contributed by atoms with E-state index in [9.17, 15) is 4.79 Å². The van der Waals surface area contributed by atoms with Crippen LogP contribution in [0.1, 0.15) is 15.5 Å². The lowest BCUT2D eigenvalue weighted by Gasteiger charge is -2.18. The van der Waals surface area contributed by atoms with E-state index in [-0.39, 0.29) is 11.9 Å². The number of benzene rings is 1. The van der Waals surface area contributed by atoms with Crippen molar-refractivity contribution in [2.24, 2.45) is 0 Å². The molecular weight excluding hydrogens is 416 g/mol. The number of aromatic nitrogens is 5. The summed E-state index contributed by atoms with van der Waals surface area (Å²) in [6, 6.07) is 5.68. The van der Waals surface area contributed by atoms with Crippen LogP contribution in [0, 0.1) is 0 Å². The topological polar surface area (TPSA) is 88.5 Å². The van der Waals surface area contributed by atoms with Gasteiger partial charge in [-0.25, -0.2) is 15.0 Å². The van der Waals surface area contributed by atoms with Gasteiger partial charge in [-0.15, -0.1) is 11.3 Å². The molecule has 0 aliphatic rings. The number of aromatic amines is 1. The number of amides is 1. The van der Waals surface area contributed by atoms with E-state index in [0.29, 0.717) is 18.0 Å². The minimum absolute atomic E-state index is 0.115. The maximum Gasteiger partial charge on any atom is 0.280 e. The molecule has 0 radical (unpaired) electrons. The summed E-state index contributed by atoms with van der Waals surface area (Å²) >= 11 is 4.83.